The van der Waals surface area contributed by atoms with Gasteiger partial charge in [-0.25, -0.2) is 4.39 Å². The molecule has 0 aliphatic rings. The molecule has 7 heteroatoms. The van der Waals surface area contributed by atoms with Crippen molar-refractivity contribution >= 4 is 5.52 Å². The van der Waals surface area contributed by atoms with E-state index in [9.17, 15) is 9.18 Å². The lowest BCUT2D eigenvalue weighted by molar-refractivity contribution is 0.633. The molecule has 6 nitrogen and oxygen atoms in total. The van der Waals surface area contributed by atoms with Crippen LogP contribution in [0.4, 0.5) is 4.39 Å². The van der Waals surface area contributed by atoms with Crippen molar-refractivity contribution in [2.45, 2.75) is 0 Å². The van der Waals surface area contributed by atoms with Gasteiger partial charge in [0, 0.05) is 0 Å². The normalized spacial score (nSPS) is 10.2. The van der Waals surface area contributed by atoms with Crippen LogP contribution in [-0.2, 0) is 0 Å². The largest absolute Gasteiger partial charge is 0.310 e. The Balaban J connectivity index is 3.04. The highest BCUT2D eigenvalue weighted by Gasteiger charge is 2.15. The summed E-state index contributed by atoms with van der Waals surface area (Å²) in [5.74, 6) is -0.947. The summed E-state index contributed by atoms with van der Waals surface area (Å²) in [4.78, 5) is 13.2. The van der Waals surface area contributed by atoms with Crippen LogP contribution in [-0.4, -0.2) is 19.8 Å². The van der Waals surface area contributed by atoms with Gasteiger partial charge in [0.25, 0.3) is 5.56 Å². The van der Waals surface area contributed by atoms with Gasteiger partial charge in [0.05, 0.1) is 0 Å². The molecule has 2 heterocycles. The summed E-state index contributed by atoms with van der Waals surface area (Å²) >= 11 is 0. The number of hydrogen-bond donors (Lipinski definition) is 1. The van der Waals surface area contributed by atoms with Crippen molar-refractivity contribution in [1.29, 1.82) is 5.26 Å². The minimum atomic E-state index is -0.947. The van der Waals surface area contributed by atoms with Crippen molar-refractivity contribution in [3.8, 4) is 6.07 Å². The average molecular weight is 179 g/mol. The third-order valence-corrected chi connectivity index (χ3v) is 1.49. The molecule has 0 aliphatic carbocycles. The molecule has 0 spiro atoms. The molecule has 13 heavy (non-hydrogen) atoms. The zero-order valence-corrected chi connectivity index (χ0v) is 6.15. The van der Waals surface area contributed by atoms with Gasteiger partial charge in [-0.15, -0.1) is 14.8 Å². The fraction of sp³-hybridized carbons (Fsp3) is 0. The third-order valence-electron chi connectivity index (χ3n) is 1.49. The Hall–Kier alpha value is -2.23. The van der Waals surface area contributed by atoms with Crippen LogP contribution in [0, 0.1) is 17.1 Å². The summed E-state index contributed by atoms with van der Waals surface area (Å²) in [5, 5.41) is 15.4. The molecule has 64 valence electrons. The van der Waals surface area contributed by atoms with E-state index in [4.69, 9.17) is 5.26 Å². The minimum absolute atomic E-state index is 0.348. The number of aromatic amines is 1. The molecule has 0 saturated heterocycles. The van der Waals surface area contributed by atoms with Gasteiger partial charge in [-0.05, 0) is 0 Å². The monoisotopic (exact) mass is 179 g/mol. The van der Waals surface area contributed by atoms with Crippen LogP contribution >= 0.6 is 0 Å². The fourth-order valence-electron chi connectivity index (χ4n) is 0.945. The maximum absolute atomic E-state index is 13.1. The Bertz CT molecular complexity index is 562. The van der Waals surface area contributed by atoms with E-state index in [0.717, 1.165) is 11.0 Å². The molecule has 0 fully saturated rings. The molecular formula is C6H2FN5O. The first kappa shape index (κ1) is 7.42. The molecular weight excluding hydrogens is 177 g/mol. The van der Waals surface area contributed by atoms with Crippen molar-refractivity contribution in [2.24, 2.45) is 0 Å². The highest BCUT2D eigenvalue weighted by atomic mass is 19.1. The molecule has 0 unspecified atom stereocenters. The molecule has 2 aromatic heterocycles. The Kier molecular flexibility index (Phi) is 1.36. The molecule has 0 radical (unpaired) electrons. The van der Waals surface area contributed by atoms with Gasteiger partial charge in [-0.3, -0.25) is 4.79 Å². The van der Waals surface area contributed by atoms with E-state index in [0.29, 0.717) is 0 Å². The molecule has 0 bridgehead atoms. The first-order chi connectivity index (χ1) is 6.24. The third kappa shape index (κ3) is 0.888. The van der Waals surface area contributed by atoms with Gasteiger partial charge < -0.3 is 4.98 Å². The van der Waals surface area contributed by atoms with E-state index in [1.165, 1.54) is 6.07 Å². The van der Waals surface area contributed by atoms with Gasteiger partial charge in [-0.1, -0.05) is 0 Å². The molecule has 0 amide bonds. The number of nitrogens with zero attached hydrogens (tertiary/aromatic N) is 4. The molecule has 2 aromatic rings. The molecule has 0 aromatic carbocycles. The van der Waals surface area contributed by atoms with Crippen LogP contribution in [0.2, 0.25) is 0 Å². The van der Waals surface area contributed by atoms with Crippen molar-refractivity contribution in [1.82, 2.24) is 19.8 Å². The minimum Gasteiger partial charge on any atom is -0.310 e. The topological polar surface area (TPSA) is 86.8 Å². The SMILES string of the molecule is N#Cc1nn2nc[nH]c(=O)c2c1F. The lowest BCUT2D eigenvalue weighted by Crippen LogP contribution is -2.11. The number of aromatic nitrogens is 4. The van der Waals surface area contributed by atoms with Gasteiger partial charge in [-0.2, -0.15) is 5.26 Å². The zero-order valence-electron chi connectivity index (χ0n) is 6.15. The molecule has 2 rings (SSSR count). The Morgan fingerprint density at radius 1 is 1.69 bits per heavy atom. The van der Waals surface area contributed by atoms with E-state index < -0.39 is 17.1 Å². The smallest absolute Gasteiger partial charge is 0.280 e. The predicted molar refractivity (Wildman–Crippen MR) is 38.3 cm³/mol. The van der Waals surface area contributed by atoms with Gasteiger partial charge in [0.2, 0.25) is 5.69 Å². The number of fused-ring (bicyclic) bond motifs is 1. The average Bonchev–Trinajstić information content (AvgIpc) is 2.44. The summed E-state index contributed by atoms with van der Waals surface area (Å²) in [5.41, 5.74) is -1.45. The van der Waals surface area contributed by atoms with Crippen LogP contribution < -0.4 is 5.56 Å². The predicted octanol–water partition coefficient (Wildman–Crippen LogP) is -0.572. The van der Waals surface area contributed by atoms with Gasteiger partial charge in [0.1, 0.15) is 12.4 Å². The molecule has 1 N–H and O–H groups in total. The number of nitrogens with one attached hydrogen (secondary N) is 1. The standard InChI is InChI=1S/C6H2FN5O/c7-4-3(1-8)11-12-5(4)6(13)9-2-10-12/h2H,(H,9,10,13). The number of rotatable bonds is 0. The number of halogens is 1. The van der Waals surface area contributed by atoms with Crippen LogP contribution in [0.1, 0.15) is 5.69 Å². The Morgan fingerprint density at radius 2 is 2.46 bits per heavy atom. The van der Waals surface area contributed by atoms with E-state index in [1.807, 2.05) is 0 Å². The highest BCUT2D eigenvalue weighted by Crippen LogP contribution is 2.06. The second-order valence-electron chi connectivity index (χ2n) is 2.23. The first-order valence-electron chi connectivity index (χ1n) is 3.26. The fourth-order valence-corrected chi connectivity index (χ4v) is 0.945. The van der Waals surface area contributed by atoms with E-state index >= 15 is 0 Å². The second-order valence-corrected chi connectivity index (χ2v) is 2.23. The number of H-pyrrole nitrogens is 1. The van der Waals surface area contributed by atoms with Crippen LogP contribution in [0.25, 0.3) is 5.52 Å². The zero-order chi connectivity index (χ0) is 9.42. The van der Waals surface area contributed by atoms with Crippen molar-refractivity contribution in [3.63, 3.8) is 0 Å². The van der Waals surface area contributed by atoms with E-state index in [2.05, 4.69) is 15.2 Å². The summed E-state index contributed by atoms with van der Waals surface area (Å²) < 4.78 is 13.9. The van der Waals surface area contributed by atoms with E-state index in [1.54, 1.807) is 0 Å². The molecule has 0 saturated carbocycles. The van der Waals surface area contributed by atoms with Crippen LogP contribution in [0.15, 0.2) is 11.1 Å². The van der Waals surface area contributed by atoms with Gasteiger partial charge in [0.15, 0.2) is 11.3 Å². The maximum Gasteiger partial charge on any atom is 0.280 e. The second kappa shape index (κ2) is 2.38. The molecule has 0 aliphatic heterocycles. The highest BCUT2D eigenvalue weighted by molar-refractivity contribution is 5.48. The van der Waals surface area contributed by atoms with Gasteiger partial charge >= 0.3 is 0 Å². The quantitative estimate of drug-likeness (QED) is 0.586. The maximum atomic E-state index is 13.1. The summed E-state index contributed by atoms with van der Waals surface area (Å²) in [6.07, 6.45) is 1.07. The van der Waals surface area contributed by atoms with E-state index in [-0.39, 0.29) is 5.52 Å². The van der Waals surface area contributed by atoms with Crippen molar-refractivity contribution < 1.29 is 4.39 Å². The lowest BCUT2D eigenvalue weighted by Gasteiger charge is -1.86. The van der Waals surface area contributed by atoms with Crippen molar-refractivity contribution in [2.75, 3.05) is 0 Å². The van der Waals surface area contributed by atoms with Crippen molar-refractivity contribution in [3.05, 3.63) is 28.2 Å². The number of nitriles is 1. The Labute approximate surface area is 70.2 Å². The lowest BCUT2D eigenvalue weighted by atomic mass is 10.4. The number of hydrogen-bond acceptors (Lipinski definition) is 4. The molecule has 0 atom stereocenters. The van der Waals surface area contributed by atoms with Crippen LogP contribution in [0.3, 0.4) is 0 Å². The summed E-state index contributed by atoms with van der Waals surface area (Å²) in [6.45, 7) is 0. The first-order valence-corrected chi connectivity index (χ1v) is 3.26. The summed E-state index contributed by atoms with van der Waals surface area (Å²) in [6, 6.07) is 1.51. The van der Waals surface area contributed by atoms with Crippen LogP contribution in [0.5, 0.6) is 0 Å². The summed E-state index contributed by atoms with van der Waals surface area (Å²) in [7, 11) is 0. The Morgan fingerprint density at radius 3 is 3.08 bits per heavy atom.